The SMILES string of the molecule is CCP(O)(Cl)(CC)OC(Cc1ccccc1)[P+](=O)O. The van der Waals surface area contributed by atoms with Gasteiger partial charge in [-0.2, -0.15) is 0 Å². The maximum atomic E-state index is 11.4. The van der Waals surface area contributed by atoms with E-state index in [0.717, 1.165) is 5.56 Å². The summed E-state index contributed by atoms with van der Waals surface area (Å²) < 4.78 is 16.9. The third kappa shape index (κ3) is 5.07. The third-order valence-electron chi connectivity index (χ3n) is 3.08. The Kier molecular flexibility index (Phi) is 5.88. The van der Waals surface area contributed by atoms with Crippen molar-refractivity contribution in [2.45, 2.75) is 26.1 Å². The van der Waals surface area contributed by atoms with Crippen molar-refractivity contribution in [2.24, 2.45) is 0 Å². The first-order chi connectivity index (χ1) is 8.79. The molecule has 0 fully saturated rings. The van der Waals surface area contributed by atoms with Crippen molar-refractivity contribution in [3.63, 3.8) is 0 Å². The van der Waals surface area contributed by atoms with Crippen LogP contribution in [0.2, 0.25) is 0 Å². The maximum absolute atomic E-state index is 11.4. The molecular weight excluding hydrogens is 306 g/mol. The minimum absolute atomic E-state index is 0.248. The van der Waals surface area contributed by atoms with Crippen LogP contribution in [0.4, 0.5) is 0 Å². The molecule has 1 aromatic rings. The zero-order valence-corrected chi connectivity index (χ0v) is 13.6. The summed E-state index contributed by atoms with van der Waals surface area (Å²) in [6.45, 7) is 3.44. The zero-order chi connectivity index (χ0) is 14.5. The van der Waals surface area contributed by atoms with Crippen LogP contribution in [-0.4, -0.2) is 28.0 Å². The monoisotopic (exact) mass is 325 g/mol. The van der Waals surface area contributed by atoms with E-state index in [-0.39, 0.29) is 18.7 Å². The van der Waals surface area contributed by atoms with E-state index in [2.05, 4.69) is 0 Å². The molecule has 0 saturated heterocycles. The van der Waals surface area contributed by atoms with Gasteiger partial charge in [0.1, 0.15) is 0 Å². The molecular formula is C12H20ClO4P2+. The van der Waals surface area contributed by atoms with Gasteiger partial charge < -0.3 is 0 Å². The van der Waals surface area contributed by atoms with Gasteiger partial charge in [0.05, 0.1) is 0 Å². The summed E-state index contributed by atoms with van der Waals surface area (Å²) in [7, 11) is -2.58. The number of halogens is 1. The van der Waals surface area contributed by atoms with Gasteiger partial charge in [-0.25, -0.2) is 0 Å². The molecule has 0 aliphatic rings. The van der Waals surface area contributed by atoms with Gasteiger partial charge in [0.2, 0.25) is 0 Å². The molecule has 0 saturated carbocycles. The molecule has 0 spiro atoms. The first kappa shape index (κ1) is 17.0. The van der Waals surface area contributed by atoms with Crippen LogP contribution in [0.5, 0.6) is 0 Å². The quantitative estimate of drug-likeness (QED) is 0.747. The molecule has 0 bridgehead atoms. The van der Waals surface area contributed by atoms with Crippen molar-refractivity contribution >= 4 is 25.7 Å². The summed E-state index contributed by atoms with van der Waals surface area (Å²) in [6, 6.07) is 9.23. The number of hydrogen-bond donors (Lipinski definition) is 2. The molecule has 108 valence electrons. The summed E-state index contributed by atoms with van der Waals surface area (Å²) in [5.41, 5.74) is 0.868. The van der Waals surface area contributed by atoms with Crippen LogP contribution in [0.25, 0.3) is 0 Å². The Bertz CT molecular complexity index is 431. The van der Waals surface area contributed by atoms with E-state index < -0.39 is 20.3 Å². The Hall–Kier alpha value is -0.0800. The Morgan fingerprint density at radius 3 is 2.26 bits per heavy atom. The van der Waals surface area contributed by atoms with Crippen molar-refractivity contribution in [3.8, 4) is 0 Å². The van der Waals surface area contributed by atoms with Crippen molar-refractivity contribution in [3.05, 3.63) is 35.9 Å². The van der Waals surface area contributed by atoms with Gasteiger partial charge in [0.25, 0.3) is 0 Å². The first-order valence-corrected chi connectivity index (χ1v) is 10.8. The molecule has 0 aliphatic carbocycles. The first-order valence-electron chi connectivity index (χ1n) is 6.15. The van der Waals surface area contributed by atoms with Crippen molar-refractivity contribution in [1.82, 2.24) is 0 Å². The average Bonchev–Trinajstić information content (AvgIpc) is 2.39. The average molecular weight is 326 g/mol. The molecule has 7 heteroatoms. The van der Waals surface area contributed by atoms with Gasteiger partial charge in [-0.15, -0.1) is 0 Å². The topological polar surface area (TPSA) is 66.8 Å². The Balaban J connectivity index is 2.88. The van der Waals surface area contributed by atoms with Gasteiger partial charge in [-0.05, 0) is 0 Å². The molecule has 0 aliphatic heterocycles. The van der Waals surface area contributed by atoms with Crippen molar-refractivity contribution in [1.29, 1.82) is 0 Å². The van der Waals surface area contributed by atoms with Gasteiger partial charge in [-0.3, -0.25) is 0 Å². The fourth-order valence-electron chi connectivity index (χ4n) is 1.62. The number of rotatable bonds is 7. The second kappa shape index (κ2) is 6.58. The molecule has 0 heterocycles. The van der Waals surface area contributed by atoms with Crippen LogP contribution in [-0.2, 0) is 15.5 Å². The Morgan fingerprint density at radius 2 is 1.84 bits per heavy atom. The molecule has 2 atom stereocenters. The second-order valence-corrected chi connectivity index (χ2v) is 11.8. The predicted octanol–water partition coefficient (Wildman–Crippen LogP) is 3.88. The molecule has 1 rings (SSSR count). The van der Waals surface area contributed by atoms with Crippen LogP contribution in [0.15, 0.2) is 30.3 Å². The summed E-state index contributed by atoms with van der Waals surface area (Å²) in [4.78, 5) is 19.8. The molecule has 0 amide bonds. The van der Waals surface area contributed by atoms with E-state index in [1.54, 1.807) is 13.8 Å². The molecule has 0 aromatic heterocycles. The standard InChI is InChI=1S/C12H19ClO4P2/c1-3-19(13,16,4-2)17-12(18(14)15)10-11-8-6-5-7-9-11/h5-9,12,16H,3-4,10H2,1-2H3/p+1. The summed E-state index contributed by atoms with van der Waals surface area (Å²) >= 11 is 6.19. The van der Waals surface area contributed by atoms with Gasteiger partial charge in [0, 0.05) is 0 Å². The number of hydrogen-bond acceptors (Lipinski definition) is 3. The van der Waals surface area contributed by atoms with E-state index in [9.17, 15) is 14.4 Å². The zero-order valence-electron chi connectivity index (χ0n) is 11.1. The Morgan fingerprint density at radius 1 is 1.32 bits per heavy atom. The normalized spacial score (nSPS) is 16.5. The van der Waals surface area contributed by atoms with Gasteiger partial charge in [-0.1, -0.05) is 0 Å². The third-order valence-corrected chi connectivity index (χ3v) is 8.89. The van der Waals surface area contributed by atoms with E-state index in [4.69, 9.17) is 15.8 Å². The second-order valence-electron chi connectivity index (χ2n) is 4.41. The molecule has 0 radical (unpaired) electrons. The van der Waals surface area contributed by atoms with Crippen LogP contribution in [0, 0.1) is 0 Å². The molecule has 19 heavy (non-hydrogen) atoms. The van der Waals surface area contributed by atoms with Crippen LogP contribution >= 0.6 is 25.7 Å². The molecule has 1 aromatic carbocycles. The van der Waals surface area contributed by atoms with Crippen molar-refractivity contribution < 1.29 is 18.9 Å². The fraction of sp³-hybridized carbons (Fsp3) is 0.500. The van der Waals surface area contributed by atoms with Gasteiger partial charge in [0.15, 0.2) is 0 Å². The fourth-order valence-corrected chi connectivity index (χ4v) is 4.79. The minimum atomic E-state index is -3.82. The molecule has 4 nitrogen and oxygen atoms in total. The summed E-state index contributed by atoms with van der Waals surface area (Å²) in [5, 5.41) is 0. The summed E-state index contributed by atoms with van der Waals surface area (Å²) in [5.74, 6) is -0.988. The molecule has 2 N–H and O–H groups in total. The van der Waals surface area contributed by atoms with E-state index in [1.807, 2.05) is 30.3 Å². The van der Waals surface area contributed by atoms with E-state index in [1.165, 1.54) is 0 Å². The number of benzene rings is 1. The summed E-state index contributed by atoms with van der Waals surface area (Å²) in [6.07, 6.45) is -3.08. The van der Waals surface area contributed by atoms with Crippen LogP contribution in [0.1, 0.15) is 19.4 Å². The Labute approximate surface area is 119 Å². The van der Waals surface area contributed by atoms with E-state index >= 15 is 0 Å². The van der Waals surface area contributed by atoms with Crippen LogP contribution in [0.3, 0.4) is 0 Å². The predicted molar refractivity (Wildman–Crippen MR) is 80.9 cm³/mol. The molecule has 2 unspecified atom stereocenters. The van der Waals surface area contributed by atoms with Crippen molar-refractivity contribution in [2.75, 3.05) is 12.3 Å². The van der Waals surface area contributed by atoms with E-state index in [0.29, 0.717) is 0 Å². The van der Waals surface area contributed by atoms with Crippen LogP contribution < -0.4 is 0 Å². The van der Waals surface area contributed by atoms with Gasteiger partial charge >= 0.3 is 119 Å².